The van der Waals surface area contributed by atoms with Crippen LogP contribution in [0.1, 0.15) is 50.9 Å². The second-order valence-corrected chi connectivity index (χ2v) is 8.56. The van der Waals surface area contributed by atoms with Gasteiger partial charge in [-0.25, -0.2) is 14.8 Å². The highest BCUT2D eigenvalue weighted by Gasteiger charge is 2.28. The first kappa shape index (κ1) is 23.5. The zero-order valence-electron chi connectivity index (χ0n) is 19.0. The van der Waals surface area contributed by atoms with Crippen molar-refractivity contribution in [2.75, 3.05) is 6.61 Å². The Morgan fingerprint density at radius 2 is 2.09 bits per heavy atom. The minimum absolute atomic E-state index is 0.159. The van der Waals surface area contributed by atoms with Crippen molar-refractivity contribution in [3.05, 3.63) is 23.8 Å². The Kier molecular flexibility index (Phi) is 7.66. The molecule has 0 unspecified atom stereocenters. The fourth-order valence-electron chi connectivity index (χ4n) is 3.67. The Hall–Kier alpha value is -3.17. The molecule has 3 rings (SSSR count). The van der Waals surface area contributed by atoms with E-state index in [1.165, 1.54) is 0 Å². The molecule has 2 N–H and O–H groups in total. The first-order chi connectivity index (χ1) is 15.2. The lowest BCUT2D eigenvalue weighted by molar-refractivity contribution is -0.143. The maximum Gasteiger partial charge on any atom is 0.407 e. The van der Waals surface area contributed by atoms with Crippen LogP contribution in [-0.2, 0) is 23.1 Å². The summed E-state index contributed by atoms with van der Waals surface area (Å²) in [5.74, 6) is 0.140. The van der Waals surface area contributed by atoms with Crippen LogP contribution in [0.5, 0.6) is 5.75 Å². The number of carbonyl (C=O) groups is 2. The number of aromatic nitrogens is 4. The third-order valence-corrected chi connectivity index (χ3v) is 5.45. The molecule has 0 spiro atoms. The first-order valence-electron chi connectivity index (χ1n) is 10.9. The average Bonchev–Trinajstić information content (AvgIpc) is 3.12. The predicted molar refractivity (Wildman–Crippen MR) is 116 cm³/mol. The van der Waals surface area contributed by atoms with E-state index in [9.17, 15) is 14.7 Å². The summed E-state index contributed by atoms with van der Waals surface area (Å²) >= 11 is 0. The maximum absolute atomic E-state index is 11.9. The number of rotatable bonds is 8. The third kappa shape index (κ3) is 5.95. The second kappa shape index (κ2) is 10.4. The van der Waals surface area contributed by atoms with Crippen LogP contribution in [0.4, 0.5) is 4.79 Å². The van der Waals surface area contributed by atoms with E-state index in [1.54, 1.807) is 24.1 Å². The summed E-state index contributed by atoms with van der Waals surface area (Å²) in [5.41, 5.74) is 2.11. The molecule has 2 aromatic heterocycles. The lowest BCUT2D eigenvalue weighted by Crippen LogP contribution is -2.29. The van der Waals surface area contributed by atoms with Gasteiger partial charge in [-0.2, -0.15) is 5.10 Å². The van der Waals surface area contributed by atoms with Gasteiger partial charge in [-0.1, -0.05) is 13.8 Å². The first-order valence-corrected chi connectivity index (χ1v) is 10.9. The summed E-state index contributed by atoms with van der Waals surface area (Å²) in [6.45, 7) is 6.34. The van der Waals surface area contributed by atoms with E-state index in [-0.39, 0.29) is 24.5 Å². The topological polar surface area (TPSA) is 128 Å². The number of nitrogens with zero attached hydrogens (tertiary/aromatic N) is 4. The van der Waals surface area contributed by atoms with Crippen molar-refractivity contribution in [3.63, 3.8) is 0 Å². The fourth-order valence-corrected chi connectivity index (χ4v) is 3.67. The summed E-state index contributed by atoms with van der Waals surface area (Å²) in [4.78, 5) is 32.2. The van der Waals surface area contributed by atoms with Gasteiger partial charge in [-0.05, 0) is 38.5 Å². The molecule has 1 fully saturated rings. The molecule has 10 nitrogen and oxygen atoms in total. The summed E-state index contributed by atoms with van der Waals surface area (Å²) < 4.78 is 12.8. The molecule has 2 atom stereocenters. The van der Waals surface area contributed by atoms with Crippen molar-refractivity contribution in [3.8, 4) is 17.1 Å². The van der Waals surface area contributed by atoms with Crippen LogP contribution in [0, 0.1) is 18.8 Å². The number of carboxylic acids is 1. The van der Waals surface area contributed by atoms with Crippen LogP contribution >= 0.6 is 0 Å². The molecule has 174 valence electrons. The van der Waals surface area contributed by atoms with Crippen LogP contribution in [0.15, 0.2) is 12.4 Å². The van der Waals surface area contributed by atoms with Gasteiger partial charge in [-0.3, -0.25) is 9.48 Å². The van der Waals surface area contributed by atoms with Gasteiger partial charge >= 0.3 is 12.1 Å². The van der Waals surface area contributed by atoms with E-state index in [4.69, 9.17) is 9.47 Å². The molecule has 1 amide bonds. The average molecular weight is 446 g/mol. The number of nitrogens with one attached hydrogen (secondary N) is 1. The molecule has 1 saturated carbocycles. The Labute approximate surface area is 187 Å². The van der Waals surface area contributed by atoms with Crippen LogP contribution in [0.3, 0.4) is 0 Å². The summed E-state index contributed by atoms with van der Waals surface area (Å²) in [7, 11) is 1.78. The summed E-state index contributed by atoms with van der Waals surface area (Å²) in [6, 6.07) is 0. The van der Waals surface area contributed by atoms with Gasteiger partial charge in [-0.15, -0.1) is 0 Å². The quantitative estimate of drug-likeness (QED) is 0.634. The van der Waals surface area contributed by atoms with E-state index in [2.05, 4.69) is 20.4 Å². The number of aryl methyl sites for hydroxylation is 2. The smallest absolute Gasteiger partial charge is 0.407 e. The maximum atomic E-state index is 11.9. The molecule has 32 heavy (non-hydrogen) atoms. The monoisotopic (exact) mass is 445 g/mol. The lowest BCUT2D eigenvalue weighted by atomic mass is 9.87. The van der Waals surface area contributed by atoms with E-state index in [0.717, 1.165) is 18.5 Å². The molecular weight excluding hydrogens is 414 g/mol. The number of carboxylic acid groups (broad SMARTS) is 1. The number of hydrogen-bond donors (Lipinski definition) is 2. The molecule has 0 bridgehead atoms. The predicted octanol–water partition coefficient (Wildman–Crippen LogP) is 3.09. The Morgan fingerprint density at radius 3 is 2.78 bits per heavy atom. The highest BCUT2D eigenvalue weighted by Crippen LogP contribution is 2.30. The highest BCUT2D eigenvalue weighted by atomic mass is 16.5. The largest absolute Gasteiger partial charge is 0.487 e. The van der Waals surface area contributed by atoms with Gasteiger partial charge in [0.15, 0.2) is 11.6 Å². The molecule has 0 aliphatic heterocycles. The Balaban J connectivity index is 1.68. The molecule has 0 saturated heterocycles. The summed E-state index contributed by atoms with van der Waals surface area (Å²) in [5, 5.41) is 16.3. The van der Waals surface area contributed by atoms with Crippen LogP contribution in [0.25, 0.3) is 11.4 Å². The van der Waals surface area contributed by atoms with Crippen molar-refractivity contribution in [1.29, 1.82) is 0 Å². The van der Waals surface area contributed by atoms with E-state index in [1.807, 2.05) is 20.8 Å². The number of ether oxygens (including phenoxy) is 2. The van der Waals surface area contributed by atoms with Crippen LogP contribution in [-0.4, -0.2) is 49.6 Å². The van der Waals surface area contributed by atoms with Gasteiger partial charge in [0.1, 0.15) is 0 Å². The molecule has 0 aromatic carbocycles. The van der Waals surface area contributed by atoms with Crippen molar-refractivity contribution >= 4 is 12.1 Å². The van der Waals surface area contributed by atoms with Crippen molar-refractivity contribution in [2.24, 2.45) is 18.9 Å². The molecule has 2 heterocycles. The number of hydrogen-bond acceptors (Lipinski definition) is 7. The molecule has 10 heteroatoms. The highest BCUT2D eigenvalue weighted by molar-refractivity contribution is 5.70. The van der Waals surface area contributed by atoms with Gasteiger partial charge in [0, 0.05) is 7.05 Å². The zero-order chi connectivity index (χ0) is 23.3. The van der Waals surface area contributed by atoms with E-state index < -0.39 is 12.1 Å². The molecule has 2 aromatic rings. The molecule has 1 aliphatic carbocycles. The molecule has 1 aliphatic rings. The van der Waals surface area contributed by atoms with Crippen molar-refractivity contribution in [2.45, 2.75) is 59.1 Å². The van der Waals surface area contributed by atoms with E-state index in [0.29, 0.717) is 42.3 Å². The fraction of sp³-hybridized carbons (Fsp3) is 0.591. The van der Waals surface area contributed by atoms with Crippen molar-refractivity contribution < 1.29 is 24.2 Å². The summed E-state index contributed by atoms with van der Waals surface area (Å²) in [6.07, 6.45) is 5.44. The van der Waals surface area contributed by atoms with Crippen LogP contribution in [0.2, 0.25) is 0 Å². The standard InChI is InChI=1S/C22H31N5O5/c1-13(2)12-31-22(30)24-10-18-17(9-25-27(18)4)20-23-11-19(14(3)26-20)32-16-7-5-6-15(8-16)21(28)29/h9,11,13,15-16H,5-8,10,12H2,1-4H3,(H,24,30)(H,28,29)/t15-,16-/m0/s1. The molecule has 0 radical (unpaired) electrons. The van der Waals surface area contributed by atoms with Gasteiger partial charge in [0.2, 0.25) is 0 Å². The number of alkyl carbamates (subject to hydrolysis) is 1. The van der Waals surface area contributed by atoms with Crippen LogP contribution < -0.4 is 10.1 Å². The second-order valence-electron chi connectivity index (χ2n) is 8.56. The minimum Gasteiger partial charge on any atom is -0.487 e. The van der Waals surface area contributed by atoms with Gasteiger partial charge in [0.25, 0.3) is 0 Å². The van der Waals surface area contributed by atoms with Gasteiger partial charge in [0.05, 0.1) is 54.5 Å². The Morgan fingerprint density at radius 1 is 1.31 bits per heavy atom. The minimum atomic E-state index is -0.771. The molecular formula is C22H31N5O5. The zero-order valence-corrected chi connectivity index (χ0v) is 19.0. The Bertz CT molecular complexity index is 958. The van der Waals surface area contributed by atoms with E-state index >= 15 is 0 Å². The third-order valence-electron chi connectivity index (χ3n) is 5.45. The number of aliphatic carboxylic acids is 1. The number of amides is 1. The normalized spacial score (nSPS) is 18.4. The SMILES string of the molecule is Cc1nc(-c2cnn(C)c2CNC(=O)OCC(C)C)ncc1O[C@H]1CCC[C@H](C(=O)O)C1. The van der Waals surface area contributed by atoms with Crippen molar-refractivity contribution in [1.82, 2.24) is 25.1 Å². The lowest BCUT2D eigenvalue weighted by Gasteiger charge is -2.27. The van der Waals surface area contributed by atoms with Gasteiger partial charge < -0.3 is 19.9 Å². The number of carbonyl (C=O) groups excluding carboxylic acids is 1.